The van der Waals surface area contributed by atoms with Gasteiger partial charge in [-0.3, -0.25) is 19.2 Å². The van der Waals surface area contributed by atoms with Crippen molar-refractivity contribution in [2.45, 2.75) is 89.1 Å². The highest BCUT2D eigenvalue weighted by atomic mass is 32.2. The maximum Gasteiger partial charge on any atom is 0.289 e. The maximum atomic E-state index is 14.3. The van der Waals surface area contributed by atoms with E-state index in [-0.39, 0.29) is 71.2 Å². The van der Waals surface area contributed by atoms with Gasteiger partial charge in [-0.2, -0.15) is 4.31 Å². The molecule has 0 spiro atoms. The van der Waals surface area contributed by atoms with Crippen LogP contribution in [0, 0.1) is 18.8 Å². The van der Waals surface area contributed by atoms with Crippen molar-refractivity contribution in [3.63, 3.8) is 0 Å². The van der Waals surface area contributed by atoms with Crippen LogP contribution in [0.1, 0.15) is 62.5 Å². The molecule has 16 nitrogen and oxygen atoms in total. The maximum absolute atomic E-state index is 14.3. The summed E-state index contributed by atoms with van der Waals surface area (Å²) in [4.78, 5) is 56.2. The first kappa shape index (κ1) is 42.1. The Morgan fingerprint density at radius 1 is 0.963 bits per heavy atom. The molecule has 1 aliphatic carbocycles. The molecule has 3 heterocycles. The first-order chi connectivity index (χ1) is 25.7. The second kappa shape index (κ2) is 19.2. The Bertz CT molecular complexity index is 1680. The number of benzene rings is 1. The average molecular weight is 797 g/mol. The Labute approximate surface area is 318 Å². The van der Waals surface area contributed by atoms with E-state index < -0.39 is 73.5 Å². The molecule has 54 heavy (non-hydrogen) atoms. The van der Waals surface area contributed by atoms with E-state index in [1.807, 2.05) is 31.2 Å². The highest BCUT2D eigenvalue weighted by molar-refractivity contribution is 7.89. The number of sulfonamides is 2. The molecule has 4 aliphatic rings. The Balaban J connectivity index is 1.28. The van der Waals surface area contributed by atoms with Crippen molar-refractivity contribution in [2.24, 2.45) is 11.8 Å². The zero-order valence-electron chi connectivity index (χ0n) is 31.3. The molecule has 4 atom stereocenters. The monoisotopic (exact) mass is 796 g/mol. The highest BCUT2D eigenvalue weighted by Gasteiger charge is 2.44. The van der Waals surface area contributed by atoms with Gasteiger partial charge in [-0.05, 0) is 69.5 Å². The van der Waals surface area contributed by atoms with Gasteiger partial charge in [0.1, 0.15) is 12.1 Å². The summed E-state index contributed by atoms with van der Waals surface area (Å²) in [5, 5.41) is 8.46. The number of amides is 3. The summed E-state index contributed by atoms with van der Waals surface area (Å²) in [5.41, 5.74) is 1.99. The molecule has 4 N–H and O–H groups in total. The number of ketones is 1. The summed E-state index contributed by atoms with van der Waals surface area (Å²) >= 11 is 0. The Hall–Kier alpha value is -3.00. The fourth-order valence-corrected chi connectivity index (χ4v) is 9.31. The summed E-state index contributed by atoms with van der Waals surface area (Å²) < 4.78 is 65.6. The number of nitrogens with zero attached hydrogens (tertiary/aromatic N) is 2. The van der Waals surface area contributed by atoms with Crippen molar-refractivity contribution in [1.82, 2.24) is 29.9 Å². The minimum absolute atomic E-state index is 0.0252. The topological polar surface area (TPSA) is 210 Å². The van der Waals surface area contributed by atoms with Gasteiger partial charge >= 0.3 is 0 Å². The summed E-state index contributed by atoms with van der Waals surface area (Å²) in [6.45, 7) is 4.64. The summed E-state index contributed by atoms with van der Waals surface area (Å²) in [6.07, 6.45) is 5.11. The number of likely N-dealkylation sites (tertiary alicyclic amines) is 1. The SMILES string of the molecule is Cc1ccc(CO[C@@H]2C[C@@H](C(=O)N[C@@H](CC3CC3)C(=O)C(=O)NCCS(=O)(=O)N3CCOCC3)N(C(=O)[C@@H](CCC3CCNCC3)NS(C)(=O)=O)C2)cc1. The zero-order chi connectivity index (χ0) is 38.9. The van der Waals surface area contributed by atoms with E-state index in [1.165, 1.54) is 9.21 Å². The van der Waals surface area contributed by atoms with Crippen molar-refractivity contribution >= 4 is 43.6 Å². The van der Waals surface area contributed by atoms with E-state index in [9.17, 15) is 36.0 Å². The van der Waals surface area contributed by atoms with Gasteiger partial charge in [-0.25, -0.2) is 21.6 Å². The molecule has 0 radical (unpaired) electrons. The molecule has 302 valence electrons. The van der Waals surface area contributed by atoms with Gasteiger partial charge in [0, 0.05) is 32.6 Å². The second-order valence-electron chi connectivity index (χ2n) is 15.1. The van der Waals surface area contributed by atoms with Crippen LogP contribution in [0.2, 0.25) is 0 Å². The number of ether oxygens (including phenoxy) is 2. The van der Waals surface area contributed by atoms with Crippen LogP contribution in [-0.4, -0.2) is 138 Å². The van der Waals surface area contributed by atoms with Gasteiger partial charge in [0.2, 0.25) is 37.6 Å². The van der Waals surface area contributed by atoms with Gasteiger partial charge in [0.25, 0.3) is 5.91 Å². The summed E-state index contributed by atoms with van der Waals surface area (Å²) in [6, 6.07) is 4.38. The molecular weight excluding hydrogens is 741 g/mol. The third-order valence-corrected chi connectivity index (χ3v) is 13.1. The minimum Gasteiger partial charge on any atom is -0.379 e. The number of rotatable bonds is 19. The molecule has 4 fully saturated rings. The lowest BCUT2D eigenvalue weighted by molar-refractivity contribution is -0.143. The van der Waals surface area contributed by atoms with E-state index in [1.54, 1.807) is 0 Å². The van der Waals surface area contributed by atoms with Gasteiger partial charge in [-0.1, -0.05) is 42.7 Å². The number of carbonyl (C=O) groups is 4. The van der Waals surface area contributed by atoms with Crippen molar-refractivity contribution in [1.29, 1.82) is 0 Å². The quantitative estimate of drug-likeness (QED) is 0.135. The first-order valence-electron chi connectivity index (χ1n) is 19.0. The van der Waals surface area contributed by atoms with Gasteiger partial charge in [0.05, 0.1) is 44.0 Å². The van der Waals surface area contributed by atoms with Crippen molar-refractivity contribution in [3.05, 3.63) is 35.4 Å². The van der Waals surface area contributed by atoms with E-state index in [4.69, 9.17) is 9.47 Å². The van der Waals surface area contributed by atoms with Crippen LogP contribution in [0.4, 0.5) is 0 Å². The van der Waals surface area contributed by atoms with Gasteiger partial charge in [-0.15, -0.1) is 0 Å². The number of aryl methyl sites for hydroxylation is 1. The van der Waals surface area contributed by atoms with Crippen LogP contribution in [0.5, 0.6) is 0 Å². The van der Waals surface area contributed by atoms with E-state index in [0.29, 0.717) is 12.3 Å². The molecule has 1 aromatic carbocycles. The van der Waals surface area contributed by atoms with Crippen molar-refractivity contribution < 1.29 is 45.5 Å². The number of carbonyl (C=O) groups excluding carboxylic acids is 4. The standard InChI is InChI=1S/C36H56N6O10S2/c1-25-3-5-28(6-4-25)24-52-29-22-32(42(23-29)36(46)30(40-53(2,47)48)10-9-26-11-13-37-14-12-26)34(44)39-31(21-27-7-8-27)33(43)35(45)38-15-20-54(49,50)41-16-18-51-19-17-41/h3-6,26-27,29-32,37,40H,7-24H2,1-2H3,(H,38,45)(H,39,44)/t29-,30-,31+,32+/m1/s1. The number of morpholine rings is 1. The van der Waals surface area contributed by atoms with Crippen LogP contribution in [-0.2, 0) is 55.3 Å². The normalized spacial score (nSPS) is 22.7. The molecule has 1 aromatic rings. The first-order valence-corrected chi connectivity index (χ1v) is 22.5. The van der Waals surface area contributed by atoms with Crippen LogP contribution in [0.25, 0.3) is 0 Å². The molecule has 0 bridgehead atoms. The third-order valence-electron chi connectivity index (χ3n) is 10.6. The molecule has 3 aliphatic heterocycles. The Kier molecular flexibility index (Phi) is 15.0. The Morgan fingerprint density at radius 2 is 1.65 bits per heavy atom. The van der Waals surface area contributed by atoms with Crippen LogP contribution < -0.4 is 20.7 Å². The van der Waals surface area contributed by atoms with Crippen LogP contribution in [0.15, 0.2) is 24.3 Å². The fourth-order valence-electron chi connectivity index (χ4n) is 7.25. The molecule has 18 heteroatoms. The van der Waals surface area contributed by atoms with Crippen LogP contribution >= 0.6 is 0 Å². The molecule has 3 amide bonds. The number of hydrogen-bond acceptors (Lipinski definition) is 11. The minimum atomic E-state index is -3.80. The molecule has 0 unspecified atom stereocenters. The lowest BCUT2D eigenvalue weighted by Gasteiger charge is -2.30. The number of piperidine rings is 1. The third kappa shape index (κ3) is 12.8. The molecule has 1 saturated carbocycles. The summed E-state index contributed by atoms with van der Waals surface area (Å²) in [5.74, 6) is -3.06. The molecular formula is C36H56N6O10S2. The largest absolute Gasteiger partial charge is 0.379 e. The Morgan fingerprint density at radius 3 is 2.30 bits per heavy atom. The second-order valence-corrected chi connectivity index (χ2v) is 18.9. The lowest BCUT2D eigenvalue weighted by Crippen LogP contribution is -2.56. The lowest BCUT2D eigenvalue weighted by atomic mass is 9.91. The van der Waals surface area contributed by atoms with Crippen LogP contribution in [0.3, 0.4) is 0 Å². The van der Waals surface area contributed by atoms with E-state index in [0.717, 1.165) is 56.2 Å². The zero-order valence-corrected chi connectivity index (χ0v) is 32.9. The molecule has 0 aromatic heterocycles. The van der Waals surface area contributed by atoms with Gasteiger partial charge < -0.3 is 30.3 Å². The number of Topliss-reactive ketones (excluding diaryl/α,β-unsaturated/α-hetero) is 1. The molecule has 3 saturated heterocycles. The van der Waals surface area contributed by atoms with E-state index >= 15 is 0 Å². The smallest absolute Gasteiger partial charge is 0.289 e. The van der Waals surface area contributed by atoms with Gasteiger partial charge in [0.15, 0.2) is 0 Å². The predicted molar refractivity (Wildman–Crippen MR) is 200 cm³/mol. The van der Waals surface area contributed by atoms with E-state index in [2.05, 4.69) is 20.7 Å². The fraction of sp³-hybridized carbons (Fsp3) is 0.722. The number of hydrogen-bond donors (Lipinski definition) is 4. The molecule has 5 rings (SSSR count). The summed E-state index contributed by atoms with van der Waals surface area (Å²) in [7, 11) is -7.47. The van der Waals surface area contributed by atoms with Crippen molar-refractivity contribution in [3.8, 4) is 0 Å². The average Bonchev–Trinajstić information content (AvgIpc) is 3.87. The van der Waals surface area contributed by atoms with Crippen molar-refractivity contribution in [2.75, 3.05) is 64.5 Å². The highest BCUT2D eigenvalue weighted by Crippen LogP contribution is 2.34. The number of nitrogens with one attached hydrogen (secondary N) is 4. The predicted octanol–water partition coefficient (Wildman–Crippen LogP) is -0.189.